The molecule has 1 aromatic rings. The van der Waals surface area contributed by atoms with Crippen LogP contribution in [-0.2, 0) is 6.54 Å². The van der Waals surface area contributed by atoms with Crippen LogP contribution in [0.25, 0.3) is 0 Å². The molecule has 0 radical (unpaired) electrons. The van der Waals surface area contributed by atoms with Crippen molar-refractivity contribution in [2.45, 2.75) is 60.0 Å². The number of nitrogens with zero attached hydrogens (tertiary/aromatic N) is 1. The minimum atomic E-state index is 0.173. The fourth-order valence-corrected chi connectivity index (χ4v) is 3.10. The third-order valence-corrected chi connectivity index (χ3v) is 4.59. The zero-order chi connectivity index (χ0) is 15.6. The van der Waals surface area contributed by atoms with E-state index < -0.39 is 0 Å². The van der Waals surface area contributed by atoms with Crippen molar-refractivity contribution >= 4 is 5.69 Å². The van der Waals surface area contributed by atoms with Gasteiger partial charge in [-0.25, -0.2) is 0 Å². The lowest BCUT2D eigenvalue weighted by molar-refractivity contribution is 0.422. The Morgan fingerprint density at radius 2 is 2.00 bits per heavy atom. The Labute approximate surface area is 130 Å². The van der Waals surface area contributed by atoms with Gasteiger partial charge in [-0.3, -0.25) is 0 Å². The molecule has 1 heterocycles. The van der Waals surface area contributed by atoms with Crippen molar-refractivity contribution in [3.63, 3.8) is 0 Å². The molecule has 0 saturated carbocycles. The quantitative estimate of drug-likeness (QED) is 0.885. The van der Waals surface area contributed by atoms with Crippen LogP contribution in [-0.4, -0.2) is 18.6 Å². The maximum atomic E-state index is 3.56. The smallest absolute Gasteiger partial charge is 0.0396 e. The van der Waals surface area contributed by atoms with Gasteiger partial charge in [0.1, 0.15) is 0 Å². The summed E-state index contributed by atoms with van der Waals surface area (Å²) in [5, 5.41) is 3.56. The highest BCUT2D eigenvalue weighted by molar-refractivity contribution is 5.55. The third-order valence-electron chi connectivity index (χ3n) is 4.59. The highest BCUT2D eigenvalue weighted by atomic mass is 15.2. The second-order valence-electron chi connectivity index (χ2n) is 7.96. The zero-order valence-corrected chi connectivity index (χ0v) is 14.7. The predicted molar refractivity (Wildman–Crippen MR) is 92.9 cm³/mol. The Morgan fingerprint density at radius 3 is 2.52 bits per heavy atom. The molecule has 0 spiro atoms. The highest BCUT2D eigenvalue weighted by Crippen LogP contribution is 2.30. The summed E-state index contributed by atoms with van der Waals surface area (Å²) in [5.41, 5.74) is 4.39. The molecule has 1 aliphatic rings. The van der Waals surface area contributed by atoms with Crippen LogP contribution >= 0.6 is 0 Å². The van der Waals surface area contributed by atoms with Crippen LogP contribution in [0, 0.1) is 18.8 Å². The first kappa shape index (κ1) is 16.4. The van der Waals surface area contributed by atoms with Gasteiger partial charge in [-0.15, -0.1) is 0 Å². The lowest BCUT2D eigenvalue weighted by Crippen LogP contribution is -2.35. The molecule has 1 saturated heterocycles. The first-order valence-corrected chi connectivity index (χ1v) is 8.36. The number of hydrogen-bond acceptors (Lipinski definition) is 2. The fraction of sp³-hybridized carbons (Fsp3) is 0.684. The third kappa shape index (κ3) is 4.47. The average Bonchev–Trinajstić information content (AvgIpc) is 2.85. The largest absolute Gasteiger partial charge is 0.371 e. The van der Waals surface area contributed by atoms with Crippen LogP contribution in [0.15, 0.2) is 18.2 Å². The van der Waals surface area contributed by atoms with Gasteiger partial charge < -0.3 is 10.2 Å². The van der Waals surface area contributed by atoms with Crippen LogP contribution in [0.3, 0.4) is 0 Å². The SMILES string of the molecule is Cc1cc(CNC(C)(C)C)ccc1N1CCC(C(C)C)C1. The molecule has 118 valence electrons. The van der Waals surface area contributed by atoms with E-state index in [0.717, 1.165) is 18.4 Å². The topological polar surface area (TPSA) is 15.3 Å². The second kappa shape index (κ2) is 6.39. The monoisotopic (exact) mass is 288 g/mol. The molecule has 1 N–H and O–H groups in total. The van der Waals surface area contributed by atoms with Gasteiger partial charge in [0.2, 0.25) is 0 Å². The van der Waals surface area contributed by atoms with E-state index in [1.807, 2.05) is 0 Å². The van der Waals surface area contributed by atoms with Crippen molar-refractivity contribution < 1.29 is 0 Å². The maximum absolute atomic E-state index is 3.56. The van der Waals surface area contributed by atoms with Gasteiger partial charge in [-0.1, -0.05) is 26.0 Å². The number of aryl methyl sites for hydroxylation is 1. The molecular weight excluding hydrogens is 256 g/mol. The summed E-state index contributed by atoms with van der Waals surface area (Å²) >= 11 is 0. The van der Waals surface area contributed by atoms with Crippen LogP contribution in [0.4, 0.5) is 5.69 Å². The molecule has 2 rings (SSSR count). The summed E-state index contributed by atoms with van der Waals surface area (Å²) in [6, 6.07) is 6.94. The number of nitrogens with one attached hydrogen (secondary N) is 1. The van der Waals surface area contributed by atoms with Crippen molar-refractivity contribution in [1.29, 1.82) is 0 Å². The van der Waals surface area contributed by atoms with Gasteiger partial charge in [-0.05, 0) is 63.1 Å². The minimum Gasteiger partial charge on any atom is -0.371 e. The van der Waals surface area contributed by atoms with Crippen molar-refractivity contribution in [3.8, 4) is 0 Å². The van der Waals surface area contributed by atoms with Crippen molar-refractivity contribution in [3.05, 3.63) is 29.3 Å². The van der Waals surface area contributed by atoms with E-state index in [1.54, 1.807) is 0 Å². The Hall–Kier alpha value is -1.02. The molecular formula is C19H32N2. The van der Waals surface area contributed by atoms with Crippen molar-refractivity contribution in [2.75, 3.05) is 18.0 Å². The van der Waals surface area contributed by atoms with Crippen LogP contribution in [0.1, 0.15) is 52.2 Å². The van der Waals surface area contributed by atoms with Gasteiger partial charge in [0, 0.05) is 30.9 Å². The molecule has 1 fully saturated rings. The number of rotatable bonds is 4. The van der Waals surface area contributed by atoms with Gasteiger partial charge in [-0.2, -0.15) is 0 Å². The van der Waals surface area contributed by atoms with Crippen molar-refractivity contribution in [1.82, 2.24) is 5.32 Å². The van der Waals surface area contributed by atoms with Gasteiger partial charge in [0.25, 0.3) is 0 Å². The van der Waals surface area contributed by atoms with E-state index >= 15 is 0 Å². The second-order valence-corrected chi connectivity index (χ2v) is 7.96. The van der Waals surface area contributed by atoms with Crippen molar-refractivity contribution in [2.24, 2.45) is 11.8 Å². The molecule has 2 heteroatoms. The normalized spacial score (nSPS) is 19.6. The van der Waals surface area contributed by atoms with E-state index in [4.69, 9.17) is 0 Å². The van der Waals surface area contributed by atoms with E-state index in [1.165, 1.54) is 36.3 Å². The fourth-order valence-electron chi connectivity index (χ4n) is 3.10. The first-order valence-electron chi connectivity index (χ1n) is 8.36. The summed E-state index contributed by atoms with van der Waals surface area (Å²) in [6.45, 7) is 17.0. The van der Waals surface area contributed by atoms with E-state index in [0.29, 0.717) is 0 Å². The molecule has 0 aliphatic carbocycles. The number of benzene rings is 1. The molecule has 21 heavy (non-hydrogen) atoms. The van der Waals surface area contributed by atoms with Crippen LogP contribution in [0.5, 0.6) is 0 Å². The molecule has 0 aromatic heterocycles. The molecule has 1 aromatic carbocycles. The highest BCUT2D eigenvalue weighted by Gasteiger charge is 2.25. The summed E-state index contributed by atoms with van der Waals surface area (Å²) in [5.74, 6) is 1.65. The molecule has 1 unspecified atom stereocenters. The summed E-state index contributed by atoms with van der Waals surface area (Å²) in [7, 11) is 0. The lowest BCUT2D eigenvalue weighted by atomic mass is 9.95. The zero-order valence-electron chi connectivity index (χ0n) is 14.7. The minimum absolute atomic E-state index is 0.173. The standard InChI is InChI=1S/C19H32N2/c1-14(2)17-9-10-21(13-17)18-8-7-16(11-15(18)3)12-20-19(4,5)6/h7-8,11,14,17,20H,9-10,12-13H2,1-6H3. The van der Waals surface area contributed by atoms with E-state index in [2.05, 4.69) is 70.0 Å². The number of hydrogen-bond donors (Lipinski definition) is 1. The Balaban J connectivity index is 2.03. The van der Waals surface area contributed by atoms with Gasteiger partial charge in [0.15, 0.2) is 0 Å². The maximum Gasteiger partial charge on any atom is 0.0396 e. The van der Waals surface area contributed by atoms with Gasteiger partial charge >= 0.3 is 0 Å². The Morgan fingerprint density at radius 1 is 1.29 bits per heavy atom. The Bertz CT molecular complexity index is 471. The van der Waals surface area contributed by atoms with E-state index in [9.17, 15) is 0 Å². The molecule has 0 bridgehead atoms. The molecule has 0 amide bonds. The Kier molecular flexibility index (Phi) is 4.98. The van der Waals surface area contributed by atoms with Gasteiger partial charge in [0.05, 0.1) is 0 Å². The van der Waals surface area contributed by atoms with E-state index in [-0.39, 0.29) is 5.54 Å². The summed E-state index contributed by atoms with van der Waals surface area (Å²) in [6.07, 6.45) is 1.34. The van der Waals surface area contributed by atoms with Crippen LogP contribution < -0.4 is 10.2 Å². The summed E-state index contributed by atoms with van der Waals surface area (Å²) in [4.78, 5) is 2.57. The van der Waals surface area contributed by atoms with Crippen LogP contribution in [0.2, 0.25) is 0 Å². The average molecular weight is 288 g/mol. The molecule has 2 nitrogen and oxygen atoms in total. The lowest BCUT2D eigenvalue weighted by Gasteiger charge is -2.24. The molecule has 1 atom stereocenters. The number of anilines is 1. The first-order chi connectivity index (χ1) is 9.76. The predicted octanol–water partition coefficient (Wildman–Crippen LogP) is 4.37. The summed E-state index contributed by atoms with van der Waals surface area (Å²) < 4.78 is 0. The molecule has 1 aliphatic heterocycles.